The maximum atomic E-state index is 12.3. The van der Waals surface area contributed by atoms with Gasteiger partial charge in [0.2, 0.25) is 0 Å². The maximum absolute atomic E-state index is 12.3. The van der Waals surface area contributed by atoms with E-state index in [2.05, 4.69) is 41.5 Å². The summed E-state index contributed by atoms with van der Waals surface area (Å²) in [6.07, 6.45) is 1.88. The normalized spacial score (nSPS) is 36.5. The molecule has 2 aliphatic rings. The van der Waals surface area contributed by atoms with Gasteiger partial charge in [0.05, 0.1) is 0 Å². The van der Waals surface area contributed by atoms with Crippen LogP contribution in [0.5, 0.6) is 0 Å². The number of ketones is 1. The largest absolute Gasteiger partial charge is 0.295 e. The Morgan fingerprint density at radius 1 is 1.00 bits per heavy atom. The minimum Gasteiger partial charge on any atom is -0.295 e. The number of rotatable bonds is 0. The average molecular weight is 220 g/mol. The lowest BCUT2D eigenvalue weighted by Gasteiger charge is -2.34. The van der Waals surface area contributed by atoms with E-state index in [1.165, 1.54) is 11.1 Å². The lowest BCUT2D eigenvalue weighted by atomic mass is 9.69. The van der Waals surface area contributed by atoms with Crippen molar-refractivity contribution >= 4 is 5.78 Å². The van der Waals surface area contributed by atoms with E-state index in [4.69, 9.17) is 0 Å². The Kier molecular flexibility index (Phi) is 2.38. The number of Topliss-reactive ketones (excluding diaryl/α,β-unsaturated/α-hetero) is 1. The summed E-state index contributed by atoms with van der Waals surface area (Å²) >= 11 is 0. The van der Waals surface area contributed by atoms with E-state index in [1.54, 1.807) is 0 Å². The van der Waals surface area contributed by atoms with Crippen molar-refractivity contribution in [1.29, 1.82) is 0 Å². The van der Waals surface area contributed by atoms with E-state index in [0.717, 1.165) is 12.8 Å². The van der Waals surface area contributed by atoms with Crippen LogP contribution in [0.25, 0.3) is 0 Å². The van der Waals surface area contributed by atoms with Crippen LogP contribution in [-0.2, 0) is 4.79 Å². The fourth-order valence-corrected chi connectivity index (χ4v) is 3.82. The first-order chi connectivity index (χ1) is 7.19. The van der Waals surface area contributed by atoms with Crippen molar-refractivity contribution < 1.29 is 4.79 Å². The number of carbonyl (C=O) groups excluding carboxylic acids is 1. The summed E-state index contributed by atoms with van der Waals surface area (Å²) in [6, 6.07) is 0. The van der Waals surface area contributed by atoms with Gasteiger partial charge in [0.25, 0.3) is 0 Å². The third-order valence-corrected chi connectivity index (χ3v) is 5.25. The molecule has 2 aliphatic carbocycles. The SMILES string of the molecule is CC1CC(=O)C2=C(C1)C(C)(C)C(C)C2(C)C. The van der Waals surface area contributed by atoms with Crippen molar-refractivity contribution in [2.75, 3.05) is 0 Å². The van der Waals surface area contributed by atoms with Gasteiger partial charge in [0, 0.05) is 12.0 Å². The molecular weight excluding hydrogens is 196 g/mol. The summed E-state index contributed by atoms with van der Waals surface area (Å²) in [6.45, 7) is 13.6. The molecule has 90 valence electrons. The molecule has 0 fully saturated rings. The van der Waals surface area contributed by atoms with Crippen LogP contribution >= 0.6 is 0 Å². The summed E-state index contributed by atoms with van der Waals surface area (Å²) in [5.41, 5.74) is 2.89. The summed E-state index contributed by atoms with van der Waals surface area (Å²) in [5, 5.41) is 0. The first kappa shape index (κ1) is 11.9. The molecule has 2 rings (SSSR count). The van der Waals surface area contributed by atoms with Gasteiger partial charge in [-0.25, -0.2) is 0 Å². The predicted octanol–water partition coefficient (Wildman–Crippen LogP) is 3.98. The minimum absolute atomic E-state index is 0.0655. The Morgan fingerprint density at radius 2 is 1.56 bits per heavy atom. The molecule has 0 aromatic heterocycles. The average Bonchev–Trinajstić information content (AvgIpc) is 2.25. The monoisotopic (exact) mass is 220 g/mol. The Hall–Kier alpha value is -0.590. The van der Waals surface area contributed by atoms with Crippen molar-refractivity contribution in [1.82, 2.24) is 0 Å². The van der Waals surface area contributed by atoms with Crippen LogP contribution in [-0.4, -0.2) is 5.78 Å². The highest BCUT2D eigenvalue weighted by molar-refractivity contribution is 5.99. The van der Waals surface area contributed by atoms with E-state index in [1.807, 2.05) is 0 Å². The molecular formula is C15H24O. The highest BCUT2D eigenvalue weighted by Crippen LogP contribution is 2.60. The van der Waals surface area contributed by atoms with E-state index in [-0.39, 0.29) is 10.8 Å². The molecule has 0 saturated carbocycles. The molecule has 0 aromatic carbocycles. The lowest BCUT2D eigenvalue weighted by Crippen LogP contribution is -2.29. The van der Waals surface area contributed by atoms with Crippen molar-refractivity contribution in [3.63, 3.8) is 0 Å². The van der Waals surface area contributed by atoms with Gasteiger partial charge >= 0.3 is 0 Å². The second kappa shape index (κ2) is 3.21. The number of allylic oxidation sites excluding steroid dienone is 2. The zero-order chi connectivity index (χ0) is 12.3. The van der Waals surface area contributed by atoms with Crippen molar-refractivity contribution in [3.05, 3.63) is 11.1 Å². The third-order valence-electron chi connectivity index (χ3n) is 5.25. The predicted molar refractivity (Wildman–Crippen MR) is 67.2 cm³/mol. The Morgan fingerprint density at radius 3 is 2.12 bits per heavy atom. The molecule has 0 aliphatic heterocycles. The molecule has 0 spiro atoms. The van der Waals surface area contributed by atoms with Crippen LogP contribution in [0.4, 0.5) is 0 Å². The molecule has 0 heterocycles. The first-order valence-electron chi connectivity index (χ1n) is 6.46. The molecule has 0 amide bonds. The Balaban J connectivity index is 2.59. The van der Waals surface area contributed by atoms with Gasteiger partial charge in [-0.2, -0.15) is 0 Å². The second-order valence-corrected chi connectivity index (χ2v) is 6.96. The lowest BCUT2D eigenvalue weighted by molar-refractivity contribution is -0.117. The summed E-state index contributed by atoms with van der Waals surface area (Å²) in [5.74, 6) is 1.50. The highest BCUT2D eigenvalue weighted by atomic mass is 16.1. The van der Waals surface area contributed by atoms with Gasteiger partial charge in [-0.05, 0) is 29.1 Å². The standard InChI is InChI=1S/C15H24O/c1-9-7-11-13(12(16)8-9)15(5,6)10(2)14(11,3)4/h9-10H,7-8H2,1-6H3. The van der Waals surface area contributed by atoms with Crippen LogP contribution in [0.15, 0.2) is 11.1 Å². The molecule has 0 aromatic rings. The van der Waals surface area contributed by atoms with Crippen LogP contribution in [0.3, 0.4) is 0 Å². The molecule has 2 unspecified atom stereocenters. The van der Waals surface area contributed by atoms with Crippen LogP contribution in [0.1, 0.15) is 54.4 Å². The molecule has 0 N–H and O–H groups in total. The fourth-order valence-electron chi connectivity index (χ4n) is 3.82. The molecule has 2 atom stereocenters. The van der Waals surface area contributed by atoms with Crippen molar-refractivity contribution in [2.24, 2.45) is 22.7 Å². The Bertz CT molecular complexity index is 371. The van der Waals surface area contributed by atoms with Gasteiger partial charge in [-0.15, -0.1) is 0 Å². The summed E-state index contributed by atoms with van der Waals surface area (Å²) < 4.78 is 0. The first-order valence-corrected chi connectivity index (χ1v) is 6.46. The van der Waals surface area contributed by atoms with Crippen molar-refractivity contribution in [3.8, 4) is 0 Å². The van der Waals surface area contributed by atoms with Gasteiger partial charge in [-0.3, -0.25) is 4.79 Å². The van der Waals surface area contributed by atoms with Crippen LogP contribution in [0, 0.1) is 22.7 Å². The highest BCUT2D eigenvalue weighted by Gasteiger charge is 2.53. The number of carbonyl (C=O) groups is 1. The zero-order valence-corrected chi connectivity index (χ0v) is 11.5. The molecule has 0 radical (unpaired) electrons. The maximum Gasteiger partial charge on any atom is 0.159 e. The quantitative estimate of drug-likeness (QED) is 0.603. The van der Waals surface area contributed by atoms with Crippen LogP contribution in [0.2, 0.25) is 0 Å². The molecule has 0 saturated heterocycles. The van der Waals surface area contributed by atoms with E-state index >= 15 is 0 Å². The minimum atomic E-state index is 0.0655. The topological polar surface area (TPSA) is 17.1 Å². The van der Waals surface area contributed by atoms with Gasteiger partial charge < -0.3 is 0 Å². The summed E-state index contributed by atoms with van der Waals surface area (Å²) in [7, 11) is 0. The molecule has 16 heavy (non-hydrogen) atoms. The smallest absolute Gasteiger partial charge is 0.159 e. The molecule has 1 nitrogen and oxygen atoms in total. The number of hydrogen-bond acceptors (Lipinski definition) is 1. The molecule has 1 heteroatoms. The molecule has 0 bridgehead atoms. The van der Waals surface area contributed by atoms with E-state index in [0.29, 0.717) is 17.6 Å². The van der Waals surface area contributed by atoms with Gasteiger partial charge in [0.1, 0.15) is 0 Å². The van der Waals surface area contributed by atoms with Crippen molar-refractivity contribution in [2.45, 2.75) is 54.4 Å². The number of hydrogen-bond donors (Lipinski definition) is 0. The van der Waals surface area contributed by atoms with E-state index < -0.39 is 0 Å². The van der Waals surface area contributed by atoms with E-state index in [9.17, 15) is 4.79 Å². The third kappa shape index (κ3) is 1.33. The van der Waals surface area contributed by atoms with Crippen LogP contribution < -0.4 is 0 Å². The van der Waals surface area contributed by atoms with Gasteiger partial charge in [0.15, 0.2) is 5.78 Å². The second-order valence-electron chi connectivity index (χ2n) is 6.96. The Labute approximate surface area is 99.3 Å². The van der Waals surface area contributed by atoms with Gasteiger partial charge in [-0.1, -0.05) is 47.1 Å². The summed E-state index contributed by atoms with van der Waals surface area (Å²) in [4.78, 5) is 12.3. The zero-order valence-electron chi connectivity index (χ0n) is 11.5. The fraction of sp³-hybridized carbons (Fsp3) is 0.800.